The van der Waals surface area contributed by atoms with Gasteiger partial charge in [0, 0.05) is 6.92 Å². The molecular weight excluding hydrogens is 135 g/mol. The van der Waals surface area contributed by atoms with Crippen molar-refractivity contribution in [3.05, 3.63) is 0 Å². The van der Waals surface area contributed by atoms with E-state index in [1.165, 1.54) is 0 Å². The van der Waals surface area contributed by atoms with E-state index in [1.54, 1.807) is 0 Å². The van der Waals surface area contributed by atoms with Gasteiger partial charge in [-0.15, -0.1) is 9.24 Å². The van der Waals surface area contributed by atoms with E-state index in [1.807, 2.05) is 0 Å². The van der Waals surface area contributed by atoms with Gasteiger partial charge in [-0.1, -0.05) is 20.8 Å². The second-order valence-corrected chi connectivity index (χ2v) is 4.62. The van der Waals surface area contributed by atoms with E-state index >= 15 is 0 Å². The summed E-state index contributed by atoms with van der Waals surface area (Å²) >= 11 is 0. The fraction of sp³-hybridized carbons (Fsp3) is 0.833. The van der Waals surface area contributed by atoms with Gasteiger partial charge in [0.05, 0.1) is 0 Å². The van der Waals surface area contributed by atoms with E-state index in [2.05, 4.69) is 30.0 Å². The summed E-state index contributed by atoms with van der Waals surface area (Å²) in [6.07, 6.45) is 0. The molecule has 0 aromatic carbocycles. The van der Waals surface area contributed by atoms with Crippen LogP contribution in [-0.4, -0.2) is 16.2 Å². The predicted molar refractivity (Wildman–Crippen MR) is 42.8 cm³/mol. The highest BCUT2D eigenvalue weighted by Crippen LogP contribution is 2.12. The largest absolute Gasteiger partial charge is 0.481 e. The molecule has 1 atom stereocenters. The molecule has 0 amide bonds. The molecule has 0 aromatic heterocycles. The van der Waals surface area contributed by atoms with Crippen molar-refractivity contribution in [2.45, 2.75) is 32.9 Å². The van der Waals surface area contributed by atoms with Gasteiger partial charge in [-0.25, -0.2) is 0 Å². The Bertz CT molecular complexity index is 73.5. The lowest BCUT2D eigenvalue weighted by atomic mass is 10.3. The van der Waals surface area contributed by atoms with Crippen LogP contribution in [0.15, 0.2) is 0 Å². The first-order chi connectivity index (χ1) is 3.73. The SMILES string of the molecule is CC(=O)O.CC(C)(C)P. The number of carboxylic acids is 1. The molecule has 0 aliphatic rings. The summed E-state index contributed by atoms with van der Waals surface area (Å²) in [5.74, 6) is -0.833. The highest BCUT2D eigenvalue weighted by Gasteiger charge is 1.95. The van der Waals surface area contributed by atoms with Crippen molar-refractivity contribution in [1.82, 2.24) is 0 Å². The summed E-state index contributed by atoms with van der Waals surface area (Å²) in [4.78, 5) is 9.00. The van der Waals surface area contributed by atoms with Crippen molar-refractivity contribution in [2.24, 2.45) is 0 Å². The average Bonchev–Trinajstić information content (AvgIpc) is 1.19. The van der Waals surface area contributed by atoms with Gasteiger partial charge in [0.1, 0.15) is 0 Å². The van der Waals surface area contributed by atoms with Gasteiger partial charge in [-0.2, -0.15) is 0 Å². The zero-order chi connectivity index (χ0) is 8.08. The van der Waals surface area contributed by atoms with Gasteiger partial charge in [-0.3, -0.25) is 4.79 Å². The Morgan fingerprint density at radius 2 is 1.44 bits per heavy atom. The fourth-order valence-electron chi connectivity index (χ4n) is 0. The van der Waals surface area contributed by atoms with Crippen LogP contribution >= 0.6 is 9.24 Å². The van der Waals surface area contributed by atoms with Gasteiger partial charge in [-0.05, 0) is 5.16 Å². The maximum Gasteiger partial charge on any atom is 0.300 e. The summed E-state index contributed by atoms with van der Waals surface area (Å²) < 4.78 is 0. The molecule has 9 heavy (non-hydrogen) atoms. The van der Waals surface area contributed by atoms with Gasteiger partial charge < -0.3 is 5.11 Å². The normalized spacial score (nSPS) is 9.44. The van der Waals surface area contributed by atoms with Crippen molar-refractivity contribution < 1.29 is 9.90 Å². The molecule has 0 radical (unpaired) electrons. The molecule has 0 aliphatic heterocycles. The van der Waals surface area contributed by atoms with E-state index < -0.39 is 5.97 Å². The monoisotopic (exact) mass is 150 g/mol. The third-order valence-corrected chi connectivity index (χ3v) is 0. The van der Waals surface area contributed by atoms with Gasteiger partial charge >= 0.3 is 0 Å². The first-order valence-corrected chi connectivity index (χ1v) is 3.29. The fourth-order valence-corrected chi connectivity index (χ4v) is 0. The summed E-state index contributed by atoms with van der Waals surface area (Å²) in [5.41, 5.74) is 0. The van der Waals surface area contributed by atoms with E-state index in [0.717, 1.165) is 6.92 Å². The lowest BCUT2D eigenvalue weighted by Crippen LogP contribution is -1.97. The Morgan fingerprint density at radius 3 is 1.44 bits per heavy atom. The molecule has 0 fully saturated rings. The highest BCUT2D eigenvalue weighted by molar-refractivity contribution is 7.18. The van der Waals surface area contributed by atoms with E-state index in [4.69, 9.17) is 9.90 Å². The molecular formula is C6H15O2P. The molecule has 0 bridgehead atoms. The minimum absolute atomic E-state index is 0.417. The predicted octanol–water partition coefficient (Wildman–Crippen LogP) is 1.75. The van der Waals surface area contributed by atoms with Crippen molar-refractivity contribution in [3.8, 4) is 0 Å². The van der Waals surface area contributed by atoms with Crippen molar-refractivity contribution in [2.75, 3.05) is 0 Å². The van der Waals surface area contributed by atoms with Crippen LogP contribution in [0.4, 0.5) is 0 Å². The number of aliphatic carboxylic acids is 1. The molecule has 1 unspecified atom stereocenters. The molecule has 0 saturated heterocycles. The van der Waals surface area contributed by atoms with Gasteiger partial charge in [0.25, 0.3) is 5.97 Å². The summed E-state index contributed by atoms with van der Waals surface area (Å²) in [6, 6.07) is 0. The maximum atomic E-state index is 9.00. The lowest BCUT2D eigenvalue weighted by molar-refractivity contribution is -0.134. The van der Waals surface area contributed by atoms with Crippen LogP contribution in [0, 0.1) is 0 Å². The summed E-state index contributed by atoms with van der Waals surface area (Å²) in [5, 5.41) is 7.83. The molecule has 0 aliphatic carbocycles. The van der Waals surface area contributed by atoms with Gasteiger partial charge in [0.2, 0.25) is 0 Å². The number of rotatable bonds is 0. The van der Waals surface area contributed by atoms with Crippen LogP contribution < -0.4 is 0 Å². The van der Waals surface area contributed by atoms with E-state index in [9.17, 15) is 0 Å². The van der Waals surface area contributed by atoms with Crippen LogP contribution in [0.5, 0.6) is 0 Å². The van der Waals surface area contributed by atoms with Crippen molar-refractivity contribution in [1.29, 1.82) is 0 Å². The van der Waals surface area contributed by atoms with Crippen molar-refractivity contribution >= 4 is 15.2 Å². The van der Waals surface area contributed by atoms with Crippen LogP contribution in [0.3, 0.4) is 0 Å². The maximum absolute atomic E-state index is 9.00. The molecule has 0 rings (SSSR count). The lowest BCUT2D eigenvalue weighted by Gasteiger charge is -2.05. The first-order valence-electron chi connectivity index (χ1n) is 2.72. The smallest absolute Gasteiger partial charge is 0.300 e. The number of hydrogen-bond acceptors (Lipinski definition) is 1. The van der Waals surface area contributed by atoms with Crippen LogP contribution in [0.2, 0.25) is 0 Å². The Morgan fingerprint density at radius 1 is 1.44 bits per heavy atom. The molecule has 0 heterocycles. The van der Waals surface area contributed by atoms with Gasteiger partial charge in [0.15, 0.2) is 0 Å². The topological polar surface area (TPSA) is 37.3 Å². The summed E-state index contributed by atoms with van der Waals surface area (Å²) in [7, 11) is 2.72. The first kappa shape index (κ1) is 11.7. The second kappa shape index (κ2) is 4.75. The number of carbonyl (C=O) groups is 1. The zero-order valence-electron chi connectivity index (χ0n) is 6.43. The average molecular weight is 150 g/mol. The Labute approximate surface area is 58.9 Å². The quantitative estimate of drug-likeness (QED) is 0.534. The minimum atomic E-state index is -0.833. The molecule has 2 nitrogen and oxygen atoms in total. The van der Waals surface area contributed by atoms with Crippen LogP contribution in [0.1, 0.15) is 27.7 Å². The van der Waals surface area contributed by atoms with Crippen LogP contribution in [-0.2, 0) is 4.79 Å². The molecule has 56 valence electrons. The Hall–Kier alpha value is -0.100. The van der Waals surface area contributed by atoms with Crippen LogP contribution in [0.25, 0.3) is 0 Å². The molecule has 3 heteroatoms. The third kappa shape index (κ3) is 27500. The minimum Gasteiger partial charge on any atom is -0.481 e. The highest BCUT2D eigenvalue weighted by atomic mass is 31.0. The molecule has 0 spiro atoms. The van der Waals surface area contributed by atoms with Crippen molar-refractivity contribution in [3.63, 3.8) is 0 Å². The van der Waals surface area contributed by atoms with E-state index in [0.29, 0.717) is 5.16 Å². The molecule has 1 N–H and O–H groups in total. The summed E-state index contributed by atoms with van der Waals surface area (Å²) in [6.45, 7) is 7.53. The van der Waals surface area contributed by atoms with E-state index in [-0.39, 0.29) is 0 Å². The molecule has 0 saturated carbocycles. The zero-order valence-corrected chi connectivity index (χ0v) is 7.59. The number of hydrogen-bond donors (Lipinski definition) is 1. The molecule has 0 aromatic rings. The Balaban J connectivity index is 0. The Kier molecular flexibility index (Phi) is 6.16. The second-order valence-electron chi connectivity index (χ2n) is 2.89. The standard InChI is InChI=1S/C4H11P.C2H4O2/c1-4(2,3)5;1-2(3)4/h5H2,1-3H3;1H3,(H,3,4). The third-order valence-electron chi connectivity index (χ3n) is 0. The number of carboxylic acid groups (broad SMARTS) is 1.